The molecular weight excluding hydrogens is 218 g/mol. The van der Waals surface area contributed by atoms with E-state index >= 15 is 0 Å². The summed E-state index contributed by atoms with van der Waals surface area (Å²) in [5.74, 6) is -0.489. The molecular formula is C11H13N5O. The van der Waals surface area contributed by atoms with E-state index in [0.717, 1.165) is 11.4 Å². The lowest BCUT2D eigenvalue weighted by Gasteiger charge is -2.09. The Morgan fingerprint density at radius 2 is 2.24 bits per heavy atom. The number of hydrogen-bond acceptors (Lipinski definition) is 4. The van der Waals surface area contributed by atoms with Gasteiger partial charge in [-0.2, -0.15) is 5.10 Å². The molecule has 0 saturated heterocycles. The summed E-state index contributed by atoms with van der Waals surface area (Å²) in [6, 6.07) is 6.78. The van der Waals surface area contributed by atoms with Crippen molar-refractivity contribution in [3.05, 3.63) is 41.7 Å². The zero-order valence-corrected chi connectivity index (χ0v) is 9.10. The van der Waals surface area contributed by atoms with Crippen molar-refractivity contribution >= 4 is 17.3 Å². The summed E-state index contributed by atoms with van der Waals surface area (Å²) < 4.78 is 0. The quantitative estimate of drug-likeness (QED) is 0.580. The highest BCUT2D eigenvalue weighted by Gasteiger charge is 2.04. The molecule has 2 rings (SSSR count). The van der Waals surface area contributed by atoms with Crippen molar-refractivity contribution in [3.63, 3.8) is 0 Å². The molecule has 88 valence electrons. The van der Waals surface area contributed by atoms with E-state index in [-0.39, 0.29) is 0 Å². The predicted octanol–water partition coefficient (Wildman–Crippen LogP) is 0.703. The molecule has 1 aromatic heterocycles. The van der Waals surface area contributed by atoms with Crippen LogP contribution in [0, 0.1) is 0 Å². The van der Waals surface area contributed by atoms with Crippen LogP contribution in [0.15, 0.2) is 30.5 Å². The van der Waals surface area contributed by atoms with Crippen molar-refractivity contribution in [2.75, 3.05) is 11.1 Å². The third-order valence-corrected chi connectivity index (χ3v) is 2.36. The fourth-order valence-corrected chi connectivity index (χ4v) is 1.45. The van der Waals surface area contributed by atoms with Gasteiger partial charge in [-0.05, 0) is 24.3 Å². The molecule has 0 aliphatic carbocycles. The fraction of sp³-hybridized carbons (Fsp3) is 0.0909. The lowest BCUT2D eigenvalue weighted by molar-refractivity contribution is 0.100. The Morgan fingerprint density at radius 1 is 1.41 bits per heavy atom. The molecule has 0 fully saturated rings. The molecule has 1 heterocycles. The number of aromatic nitrogens is 2. The largest absolute Gasteiger partial charge is 0.397 e. The zero-order chi connectivity index (χ0) is 12.3. The number of H-pyrrole nitrogens is 1. The highest BCUT2D eigenvalue weighted by Crippen LogP contribution is 2.20. The highest BCUT2D eigenvalue weighted by molar-refractivity contribution is 5.94. The minimum absolute atomic E-state index is 0.398. The lowest BCUT2D eigenvalue weighted by Crippen LogP contribution is -2.12. The number of nitrogens with two attached hydrogens (primary N) is 2. The molecule has 0 saturated carbocycles. The van der Waals surface area contributed by atoms with Gasteiger partial charge in [-0.1, -0.05) is 0 Å². The van der Waals surface area contributed by atoms with Crippen LogP contribution in [0.5, 0.6) is 0 Å². The molecule has 0 aliphatic heterocycles. The number of benzene rings is 1. The van der Waals surface area contributed by atoms with E-state index in [1.807, 2.05) is 6.07 Å². The number of nitrogen functional groups attached to an aromatic ring is 1. The average molecular weight is 231 g/mol. The molecule has 0 bridgehead atoms. The van der Waals surface area contributed by atoms with E-state index in [2.05, 4.69) is 15.5 Å². The van der Waals surface area contributed by atoms with Crippen molar-refractivity contribution in [1.82, 2.24) is 10.2 Å². The third kappa shape index (κ3) is 2.54. The maximum atomic E-state index is 10.9. The van der Waals surface area contributed by atoms with Crippen LogP contribution in [-0.4, -0.2) is 16.1 Å². The van der Waals surface area contributed by atoms with Crippen LogP contribution in [-0.2, 0) is 6.54 Å². The minimum Gasteiger partial charge on any atom is -0.397 e. The van der Waals surface area contributed by atoms with E-state index in [0.29, 0.717) is 17.8 Å². The molecule has 0 atom stereocenters. The number of anilines is 2. The van der Waals surface area contributed by atoms with E-state index < -0.39 is 5.91 Å². The highest BCUT2D eigenvalue weighted by atomic mass is 16.1. The van der Waals surface area contributed by atoms with Crippen LogP contribution in [0.25, 0.3) is 0 Å². The number of nitrogens with one attached hydrogen (secondary N) is 2. The number of amides is 1. The molecule has 6 N–H and O–H groups in total. The van der Waals surface area contributed by atoms with Gasteiger partial charge in [0.15, 0.2) is 0 Å². The van der Waals surface area contributed by atoms with Crippen molar-refractivity contribution in [2.24, 2.45) is 5.73 Å². The van der Waals surface area contributed by atoms with E-state index in [4.69, 9.17) is 11.5 Å². The van der Waals surface area contributed by atoms with Crippen LogP contribution in [0.2, 0.25) is 0 Å². The number of nitrogens with zero attached hydrogens (tertiary/aromatic N) is 1. The zero-order valence-electron chi connectivity index (χ0n) is 9.10. The number of carbonyl (C=O) groups excluding carboxylic acids is 1. The third-order valence-electron chi connectivity index (χ3n) is 2.36. The summed E-state index contributed by atoms with van der Waals surface area (Å²) >= 11 is 0. The molecule has 17 heavy (non-hydrogen) atoms. The van der Waals surface area contributed by atoms with Crippen molar-refractivity contribution in [1.29, 1.82) is 0 Å². The number of carbonyl (C=O) groups is 1. The Balaban J connectivity index is 2.09. The Bertz CT molecular complexity index is 521. The van der Waals surface area contributed by atoms with Crippen molar-refractivity contribution < 1.29 is 4.79 Å². The molecule has 0 aliphatic rings. The number of hydrogen-bond donors (Lipinski definition) is 4. The smallest absolute Gasteiger partial charge is 0.248 e. The molecule has 6 nitrogen and oxygen atoms in total. The Labute approximate surface area is 98.0 Å². The van der Waals surface area contributed by atoms with Gasteiger partial charge in [0.05, 0.1) is 23.6 Å². The first kappa shape index (κ1) is 11.0. The second kappa shape index (κ2) is 4.56. The maximum absolute atomic E-state index is 10.9. The molecule has 0 radical (unpaired) electrons. The van der Waals surface area contributed by atoms with Crippen molar-refractivity contribution in [2.45, 2.75) is 6.54 Å². The Kier molecular flexibility index (Phi) is 2.95. The SMILES string of the molecule is NC(=O)c1ccc(NCc2ccn[nH]2)c(N)c1. The van der Waals surface area contributed by atoms with Crippen LogP contribution in [0.1, 0.15) is 16.1 Å². The van der Waals surface area contributed by atoms with E-state index in [1.54, 1.807) is 24.4 Å². The first-order valence-electron chi connectivity index (χ1n) is 5.08. The predicted molar refractivity (Wildman–Crippen MR) is 65.3 cm³/mol. The van der Waals surface area contributed by atoms with E-state index in [1.165, 1.54) is 0 Å². The van der Waals surface area contributed by atoms with Crippen molar-refractivity contribution in [3.8, 4) is 0 Å². The Hall–Kier alpha value is -2.50. The topological polar surface area (TPSA) is 110 Å². The van der Waals surface area contributed by atoms with Gasteiger partial charge in [0.25, 0.3) is 0 Å². The minimum atomic E-state index is -0.489. The molecule has 0 spiro atoms. The average Bonchev–Trinajstić information content (AvgIpc) is 2.80. The van der Waals surface area contributed by atoms with Gasteiger partial charge in [-0.15, -0.1) is 0 Å². The molecule has 0 unspecified atom stereocenters. The van der Waals surface area contributed by atoms with Crippen LogP contribution < -0.4 is 16.8 Å². The molecule has 1 amide bonds. The van der Waals surface area contributed by atoms with Gasteiger partial charge in [-0.25, -0.2) is 0 Å². The molecule has 2 aromatic rings. The van der Waals surface area contributed by atoms with Crippen LogP contribution in [0.4, 0.5) is 11.4 Å². The van der Waals surface area contributed by atoms with Gasteiger partial charge >= 0.3 is 0 Å². The summed E-state index contributed by atoms with van der Waals surface area (Å²) in [6.45, 7) is 0.583. The van der Waals surface area contributed by atoms with E-state index in [9.17, 15) is 4.79 Å². The maximum Gasteiger partial charge on any atom is 0.248 e. The van der Waals surface area contributed by atoms with Gasteiger partial charge in [0, 0.05) is 11.8 Å². The Morgan fingerprint density at radius 3 is 2.82 bits per heavy atom. The summed E-state index contributed by atoms with van der Waals surface area (Å²) in [7, 11) is 0. The first-order valence-corrected chi connectivity index (χ1v) is 5.08. The van der Waals surface area contributed by atoms with Gasteiger partial charge in [0.2, 0.25) is 5.91 Å². The fourth-order valence-electron chi connectivity index (χ4n) is 1.45. The normalized spacial score (nSPS) is 10.1. The number of rotatable bonds is 4. The summed E-state index contributed by atoms with van der Waals surface area (Å²) in [5.41, 5.74) is 13.5. The number of aromatic amines is 1. The first-order chi connectivity index (χ1) is 8.16. The second-order valence-electron chi connectivity index (χ2n) is 3.60. The second-order valence-corrected chi connectivity index (χ2v) is 3.60. The van der Waals surface area contributed by atoms with Gasteiger partial charge < -0.3 is 16.8 Å². The lowest BCUT2D eigenvalue weighted by atomic mass is 10.1. The van der Waals surface area contributed by atoms with Crippen LogP contribution in [0.3, 0.4) is 0 Å². The number of primary amides is 1. The molecule has 1 aromatic carbocycles. The standard InChI is InChI=1S/C11H13N5O/c12-9-5-7(11(13)17)1-2-10(9)14-6-8-3-4-15-16-8/h1-5,14H,6,12H2,(H2,13,17)(H,15,16). The monoisotopic (exact) mass is 231 g/mol. The summed E-state index contributed by atoms with van der Waals surface area (Å²) in [5, 5.41) is 9.80. The molecule has 6 heteroatoms. The van der Waals surface area contributed by atoms with Crippen LogP contribution >= 0.6 is 0 Å². The summed E-state index contributed by atoms with van der Waals surface area (Å²) in [4.78, 5) is 10.9. The summed E-state index contributed by atoms with van der Waals surface area (Å²) in [6.07, 6.45) is 1.68. The van der Waals surface area contributed by atoms with Gasteiger partial charge in [0.1, 0.15) is 0 Å². The van der Waals surface area contributed by atoms with Gasteiger partial charge in [-0.3, -0.25) is 9.89 Å².